The van der Waals surface area contributed by atoms with Crippen LogP contribution in [0.4, 0.5) is 0 Å². The summed E-state index contributed by atoms with van der Waals surface area (Å²) in [6.07, 6.45) is 0. The monoisotopic (exact) mass is 480 g/mol. The first kappa shape index (κ1) is 25.7. The van der Waals surface area contributed by atoms with Gasteiger partial charge in [-0.05, 0) is 31.1 Å². The van der Waals surface area contributed by atoms with Crippen LogP contribution in [0.25, 0.3) is 10.8 Å². The second kappa shape index (κ2) is 9.11. The summed E-state index contributed by atoms with van der Waals surface area (Å²) in [6, 6.07) is 3.08. The van der Waals surface area contributed by atoms with Crippen molar-refractivity contribution in [3.8, 4) is 23.0 Å². The summed E-state index contributed by atoms with van der Waals surface area (Å²) in [5.74, 6) is -1.03. The fourth-order valence-electron chi connectivity index (χ4n) is 2.82. The van der Waals surface area contributed by atoms with Crippen molar-refractivity contribution in [2.24, 2.45) is 0 Å². The van der Waals surface area contributed by atoms with Crippen LogP contribution < -0.4 is 18.6 Å². The van der Waals surface area contributed by atoms with Crippen molar-refractivity contribution in [1.82, 2.24) is 0 Å². The molecule has 0 aliphatic heterocycles. The Hall–Kier alpha value is -2.58. The Balaban J connectivity index is 3.00. The summed E-state index contributed by atoms with van der Waals surface area (Å²) in [4.78, 5) is 35.5. The van der Waals surface area contributed by atoms with Crippen molar-refractivity contribution in [3.63, 3.8) is 0 Å². The number of carbonyl (C=O) groups is 3. The summed E-state index contributed by atoms with van der Waals surface area (Å²) < 4.78 is 22.8. The molecule has 7 nitrogen and oxygen atoms in total. The molecule has 0 amide bonds. The molecule has 0 aliphatic rings. The lowest BCUT2D eigenvalue weighted by Crippen LogP contribution is -2.44. The molecule has 32 heavy (non-hydrogen) atoms. The molecule has 0 spiro atoms. The quantitative estimate of drug-likeness (QED) is 0.296. The van der Waals surface area contributed by atoms with Crippen LogP contribution in [0.2, 0.25) is 23.2 Å². The fourth-order valence-corrected chi connectivity index (χ4v) is 4.12. The zero-order valence-electron chi connectivity index (χ0n) is 19.9. The van der Waals surface area contributed by atoms with E-state index in [1.807, 2.05) is 0 Å². The van der Waals surface area contributed by atoms with Gasteiger partial charge in [-0.1, -0.05) is 32.4 Å². The third-order valence-electron chi connectivity index (χ3n) is 5.37. The molecule has 0 fully saturated rings. The molecular weight excluding hydrogens is 452 g/mol. The van der Waals surface area contributed by atoms with Gasteiger partial charge >= 0.3 is 17.9 Å². The van der Waals surface area contributed by atoms with Gasteiger partial charge < -0.3 is 18.6 Å². The molecule has 0 heterocycles. The van der Waals surface area contributed by atoms with E-state index in [1.54, 1.807) is 13.0 Å². The molecule has 9 heteroatoms. The number of esters is 3. The summed E-state index contributed by atoms with van der Waals surface area (Å²) in [6.45, 7) is 16.0. The van der Waals surface area contributed by atoms with Crippen LogP contribution in [-0.2, 0) is 14.4 Å². The lowest BCUT2D eigenvalue weighted by molar-refractivity contribution is -0.133. The molecule has 0 saturated heterocycles. The van der Waals surface area contributed by atoms with Gasteiger partial charge in [0.2, 0.25) is 8.32 Å². The molecule has 2 rings (SSSR count). The summed E-state index contributed by atoms with van der Waals surface area (Å²) >= 11 is 6.37. The van der Waals surface area contributed by atoms with Gasteiger partial charge in [-0.3, -0.25) is 14.4 Å². The van der Waals surface area contributed by atoms with E-state index in [-0.39, 0.29) is 32.7 Å². The molecule has 0 bridgehead atoms. The van der Waals surface area contributed by atoms with Gasteiger partial charge in [-0.15, -0.1) is 0 Å². The maximum Gasteiger partial charge on any atom is 0.308 e. The molecule has 0 radical (unpaired) electrons. The normalized spacial score (nSPS) is 11.8. The van der Waals surface area contributed by atoms with Crippen LogP contribution in [-0.4, -0.2) is 26.2 Å². The van der Waals surface area contributed by atoms with Crippen molar-refractivity contribution >= 4 is 48.6 Å². The van der Waals surface area contributed by atoms with E-state index < -0.39 is 26.2 Å². The summed E-state index contributed by atoms with van der Waals surface area (Å²) in [7, 11) is -2.29. The smallest absolute Gasteiger partial charge is 0.308 e. The van der Waals surface area contributed by atoms with Crippen LogP contribution in [0, 0.1) is 6.92 Å². The molecule has 0 aliphatic carbocycles. The standard InChI is InChI=1S/C23H29ClO7Si/c1-12-18(31-32(8,9)23(5,6)7)10-16-19(28-13(2)25)11-17(24)22(30-15(4)27)20(16)21(12)29-14(3)26/h10-11H,1-9H3. The van der Waals surface area contributed by atoms with E-state index >= 15 is 0 Å². The minimum absolute atomic E-state index is 0.00305. The van der Waals surface area contributed by atoms with Gasteiger partial charge in [0.15, 0.2) is 5.75 Å². The zero-order chi connectivity index (χ0) is 24.6. The first-order chi connectivity index (χ1) is 14.5. The predicted octanol–water partition coefficient (Wildman–Crippen LogP) is 5.96. The van der Waals surface area contributed by atoms with Crippen molar-refractivity contribution in [2.45, 2.75) is 66.6 Å². The minimum atomic E-state index is -2.29. The van der Waals surface area contributed by atoms with Crippen LogP contribution in [0.15, 0.2) is 12.1 Å². The molecule has 0 unspecified atom stereocenters. The molecule has 2 aromatic carbocycles. The Labute approximate surface area is 194 Å². The Kier molecular flexibility index (Phi) is 7.31. The third-order valence-corrected chi connectivity index (χ3v) is 9.99. The highest BCUT2D eigenvalue weighted by atomic mass is 35.5. The van der Waals surface area contributed by atoms with E-state index in [9.17, 15) is 14.4 Å². The number of ether oxygens (including phenoxy) is 3. The maximum absolute atomic E-state index is 12.0. The summed E-state index contributed by atoms with van der Waals surface area (Å²) in [5, 5.41) is 0.517. The number of hydrogen-bond acceptors (Lipinski definition) is 7. The Morgan fingerprint density at radius 3 is 1.81 bits per heavy atom. The van der Waals surface area contributed by atoms with Crippen molar-refractivity contribution in [2.75, 3.05) is 0 Å². The van der Waals surface area contributed by atoms with Gasteiger partial charge in [-0.25, -0.2) is 0 Å². The van der Waals surface area contributed by atoms with Crippen LogP contribution in [0.1, 0.15) is 47.1 Å². The van der Waals surface area contributed by atoms with Gasteiger partial charge in [0.25, 0.3) is 0 Å². The molecule has 0 aromatic heterocycles. The van der Waals surface area contributed by atoms with E-state index in [2.05, 4.69) is 33.9 Å². The topological polar surface area (TPSA) is 88.1 Å². The average Bonchev–Trinajstić information content (AvgIpc) is 2.59. The molecule has 2 aromatic rings. The number of hydrogen-bond donors (Lipinski definition) is 0. The minimum Gasteiger partial charge on any atom is -0.543 e. The highest BCUT2D eigenvalue weighted by Gasteiger charge is 2.40. The van der Waals surface area contributed by atoms with Crippen molar-refractivity contribution < 1.29 is 33.0 Å². The molecule has 0 saturated carbocycles. The van der Waals surface area contributed by atoms with Gasteiger partial charge in [0.1, 0.15) is 17.2 Å². The Morgan fingerprint density at radius 2 is 1.34 bits per heavy atom. The van der Waals surface area contributed by atoms with Gasteiger partial charge in [-0.2, -0.15) is 0 Å². The van der Waals surface area contributed by atoms with Crippen molar-refractivity contribution in [3.05, 3.63) is 22.7 Å². The third kappa shape index (κ3) is 5.42. The number of fused-ring (bicyclic) bond motifs is 1. The second-order valence-electron chi connectivity index (χ2n) is 9.08. The first-order valence-corrected chi connectivity index (χ1v) is 13.4. The van der Waals surface area contributed by atoms with Gasteiger partial charge in [0, 0.05) is 37.8 Å². The molecular formula is C23H29ClO7Si. The first-order valence-electron chi connectivity index (χ1n) is 10.1. The number of benzene rings is 2. The van der Waals surface area contributed by atoms with E-state index in [0.29, 0.717) is 16.7 Å². The van der Waals surface area contributed by atoms with Crippen LogP contribution in [0.5, 0.6) is 23.0 Å². The van der Waals surface area contributed by atoms with E-state index in [0.717, 1.165) is 0 Å². The molecule has 0 N–H and O–H groups in total. The number of rotatable bonds is 5. The maximum atomic E-state index is 12.0. The lowest BCUT2D eigenvalue weighted by Gasteiger charge is -2.37. The zero-order valence-corrected chi connectivity index (χ0v) is 21.6. The largest absolute Gasteiger partial charge is 0.543 e. The van der Waals surface area contributed by atoms with Crippen LogP contribution in [0.3, 0.4) is 0 Å². The van der Waals surface area contributed by atoms with E-state index in [1.165, 1.54) is 26.8 Å². The highest BCUT2D eigenvalue weighted by molar-refractivity contribution is 6.74. The Morgan fingerprint density at radius 1 is 0.844 bits per heavy atom. The van der Waals surface area contributed by atoms with Crippen LogP contribution >= 0.6 is 11.6 Å². The molecule has 0 atom stereocenters. The number of carbonyl (C=O) groups excluding carboxylic acids is 3. The van der Waals surface area contributed by atoms with Crippen molar-refractivity contribution in [1.29, 1.82) is 0 Å². The average molecular weight is 481 g/mol. The van der Waals surface area contributed by atoms with Gasteiger partial charge in [0.05, 0.1) is 10.4 Å². The Bertz CT molecular complexity index is 1100. The number of halogens is 1. The molecule has 174 valence electrons. The van der Waals surface area contributed by atoms with E-state index in [4.69, 9.17) is 30.2 Å². The SMILES string of the molecule is CC(=O)Oc1cc(Cl)c(OC(C)=O)c2c(OC(C)=O)c(C)c(O[Si](C)(C)C(C)(C)C)cc12. The highest BCUT2D eigenvalue weighted by Crippen LogP contribution is 2.49. The lowest BCUT2D eigenvalue weighted by atomic mass is 10.0. The fraction of sp³-hybridized carbons (Fsp3) is 0.435. The second-order valence-corrected chi connectivity index (χ2v) is 14.2. The summed E-state index contributed by atoms with van der Waals surface area (Å²) in [5.41, 5.74) is 0.530. The predicted molar refractivity (Wildman–Crippen MR) is 125 cm³/mol.